The van der Waals surface area contributed by atoms with Crippen LogP contribution in [0.4, 0.5) is 19.0 Å². The van der Waals surface area contributed by atoms with Crippen LogP contribution in [0.1, 0.15) is 23.6 Å². The fourth-order valence-corrected chi connectivity index (χ4v) is 2.23. The number of pyridine rings is 1. The third-order valence-corrected chi connectivity index (χ3v) is 3.53. The molecule has 2 aromatic rings. The monoisotopic (exact) mass is 352 g/mol. The molecule has 25 heavy (non-hydrogen) atoms. The smallest absolute Gasteiger partial charge is 0.380 e. The number of carbonyl (C=O) groups excluding carboxylic acids is 1. The van der Waals surface area contributed by atoms with Crippen molar-refractivity contribution in [3.05, 3.63) is 52.8 Å². The molecule has 0 radical (unpaired) electrons. The van der Waals surface area contributed by atoms with Gasteiger partial charge in [-0.1, -0.05) is 12.6 Å². The first-order chi connectivity index (χ1) is 11.5. The van der Waals surface area contributed by atoms with Crippen LogP contribution in [-0.4, -0.2) is 31.3 Å². The van der Waals surface area contributed by atoms with Gasteiger partial charge in [0.1, 0.15) is 11.8 Å². The lowest BCUT2D eigenvalue weighted by Gasteiger charge is -2.21. The number of Topliss-reactive ketones (excluding diaryl/α,β-unsaturated/α-hetero) is 1. The van der Waals surface area contributed by atoms with E-state index in [4.69, 9.17) is 6.57 Å². The quantitative estimate of drug-likeness (QED) is 0.840. The van der Waals surface area contributed by atoms with Crippen molar-refractivity contribution in [3.63, 3.8) is 0 Å². The zero-order valence-electron chi connectivity index (χ0n) is 13.5. The van der Waals surface area contributed by atoms with Gasteiger partial charge in [0.25, 0.3) is 5.82 Å². The van der Waals surface area contributed by atoms with Crippen LogP contribution in [0, 0.1) is 13.5 Å². The second kappa shape index (κ2) is 6.64. The Morgan fingerprint density at radius 3 is 2.60 bits per heavy atom. The van der Waals surface area contributed by atoms with Gasteiger partial charge < -0.3 is 9.95 Å². The van der Waals surface area contributed by atoms with E-state index in [0.717, 1.165) is 11.8 Å². The van der Waals surface area contributed by atoms with Crippen LogP contribution in [-0.2, 0) is 23.9 Å². The van der Waals surface area contributed by atoms with Crippen molar-refractivity contribution in [2.45, 2.75) is 38.6 Å². The number of hydrogen-bond acceptors (Lipinski definition) is 4. The predicted molar refractivity (Wildman–Crippen MR) is 81.8 cm³/mol. The summed E-state index contributed by atoms with van der Waals surface area (Å²) in [6, 6.07) is 0.715. The van der Waals surface area contributed by atoms with E-state index in [1.807, 2.05) is 0 Å². The molecule has 1 N–H and O–H groups in total. The van der Waals surface area contributed by atoms with E-state index in [1.165, 1.54) is 11.6 Å². The standard InChI is InChI=1S/C16H15F3N4O2/c1-10-6-22-23(8-10)9-15(2,25)13(24)5-11-4-12(16(17,18)19)14(20-3)21-7-11/h4,6-8,25H,5,9H2,1-2H3/t15-/m0/s1. The molecule has 2 aromatic heterocycles. The van der Waals surface area contributed by atoms with Crippen molar-refractivity contribution in [2.24, 2.45) is 0 Å². The molecule has 0 amide bonds. The first kappa shape index (κ1) is 18.6. The zero-order valence-corrected chi connectivity index (χ0v) is 13.5. The van der Waals surface area contributed by atoms with Gasteiger partial charge in [-0.05, 0) is 19.4 Å². The van der Waals surface area contributed by atoms with E-state index in [1.54, 1.807) is 19.3 Å². The number of aromatic nitrogens is 3. The van der Waals surface area contributed by atoms with Gasteiger partial charge in [-0.2, -0.15) is 18.3 Å². The maximum Gasteiger partial charge on any atom is 0.409 e. The molecule has 0 aliphatic carbocycles. The van der Waals surface area contributed by atoms with E-state index >= 15 is 0 Å². The van der Waals surface area contributed by atoms with Gasteiger partial charge in [0.15, 0.2) is 5.78 Å². The average molecular weight is 352 g/mol. The second-order valence-corrected chi connectivity index (χ2v) is 5.91. The number of hydrogen-bond donors (Lipinski definition) is 1. The predicted octanol–water partition coefficient (Wildman–Crippen LogP) is 2.72. The Morgan fingerprint density at radius 1 is 1.40 bits per heavy atom. The molecule has 0 bridgehead atoms. The molecule has 0 aliphatic heterocycles. The Labute approximate surface area is 141 Å². The summed E-state index contributed by atoms with van der Waals surface area (Å²) < 4.78 is 40.2. The van der Waals surface area contributed by atoms with Crippen molar-refractivity contribution in [2.75, 3.05) is 0 Å². The van der Waals surface area contributed by atoms with Crippen LogP contribution >= 0.6 is 0 Å². The van der Waals surface area contributed by atoms with Crippen molar-refractivity contribution in [1.29, 1.82) is 0 Å². The Bertz CT molecular complexity index is 835. The van der Waals surface area contributed by atoms with Crippen LogP contribution in [0.15, 0.2) is 24.7 Å². The van der Waals surface area contributed by atoms with Crippen LogP contribution in [0.25, 0.3) is 4.85 Å². The van der Waals surface area contributed by atoms with Gasteiger partial charge in [-0.25, -0.2) is 0 Å². The Hall–Kier alpha value is -2.73. The van der Waals surface area contributed by atoms with Crippen LogP contribution in [0.3, 0.4) is 0 Å². The summed E-state index contributed by atoms with van der Waals surface area (Å²) in [6.07, 6.45) is -0.962. The minimum absolute atomic E-state index is 0.0263. The van der Waals surface area contributed by atoms with Gasteiger partial charge in [0, 0.05) is 18.2 Å². The lowest BCUT2D eigenvalue weighted by atomic mass is 9.95. The molecule has 9 heteroatoms. The van der Waals surface area contributed by atoms with Crippen molar-refractivity contribution in [3.8, 4) is 0 Å². The van der Waals surface area contributed by atoms with Crippen LogP contribution in [0.2, 0.25) is 0 Å². The summed E-state index contributed by atoms with van der Waals surface area (Å²) in [5.41, 5.74) is -2.19. The van der Waals surface area contributed by atoms with Crippen molar-refractivity contribution >= 4 is 11.6 Å². The highest BCUT2D eigenvalue weighted by Crippen LogP contribution is 2.35. The van der Waals surface area contributed by atoms with Gasteiger partial charge in [0.2, 0.25) is 0 Å². The van der Waals surface area contributed by atoms with E-state index in [2.05, 4.69) is 14.9 Å². The summed E-state index contributed by atoms with van der Waals surface area (Å²) in [7, 11) is 0. The van der Waals surface area contributed by atoms with Crippen LogP contribution in [0.5, 0.6) is 0 Å². The molecule has 0 saturated heterocycles. The third-order valence-electron chi connectivity index (χ3n) is 3.53. The summed E-state index contributed by atoms with van der Waals surface area (Å²) in [4.78, 5) is 18.5. The summed E-state index contributed by atoms with van der Waals surface area (Å²) in [5.74, 6) is -1.45. The molecule has 1 atom stereocenters. The largest absolute Gasteiger partial charge is 0.409 e. The van der Waals surface area contributed by atoms with Crippen molar-refractivity contribution < 1.29 is 23.1 Å². The van der Waals surface area contributed by atoms with Gasteiger partial charge >= 0.3 is 6.18 Å². The molecule has 6 nitrogen and oxygen atoms in total. The number of nitrogens with zero attached hydrogens (tertiary/aromatic N) is 4. The summed E-state index contributed by atoms with van der Waals surface area (Å²) >= 11 is 0. The maximum absolute atomic E-state index is 12.9. The fraction of sp³-hybridized carbons (Fsp3) is 0.375. The molecule has 0 aliphatic rings. The summed E-state index contributed by atoms with van der Waals surface area (Å²) in [6.45, 7) is 9.69. The maximum atomic E-state index is 12.9. The number of carbonyl (C=O) groups is 1. The zero-order chi connectivity index (χ0) is 18.8. The van der Waals surface area contributed by atoms with Gasteiger partial charge in [0.05, 0.1) is 18.3 Å². The molecule has 0 fully saturated rings. The molecular weight excluding hydrogens is 337 g/mol. The number of aryl methyl sites for hydroxylation is 1. The lowest BCUT2D eigenvalue weighted by molar-refractivity contribution is -0.138. The number of alkyl halides is 3. The number of halogens is 3. The van der Waals surface area contributed by atoms with Gasteiger partial charge in [-0.3, -0.25) is 9.48 Å². The highest BCUT2D eigenvalue weighted by Gasteiger charge is 2.36. The molecule has 132 valence electrons. The summed E-state index contributed by atoms with van der Waals surface area (Å²) in [5, 5.41) is 14.3. The van der Waals surface area contributed by atoms with E-state index in [9.17, 15) is 23.1 Å². The molecule has 0 unspecified atom stereocenters. The first-order valence-corrected chi connectivity index (χ1v) is 7.21. The molecule has 0 aromatic carbocycles. The Kier molecular flexibility index (Phi) is 4.94. The molecule has 2 heterocycles. The minimum Gasteiger partial charge on any atom is -0.380 e. The fourth-order valence-electron chi connectivity index (χ4n) is 2.23. The molecule has 2 rings (SSSR count). The first-order valence-electron chi connectivity index (χ1n) is 7.21. The second-order valence-electron chi connectivity index (χ2n) is 5.91. The van der Waals surface area contributed by atoms with E-state index in [-0.39, 0.29) is 12.1 Å². The minimum atomic E-state index is -4.75. The lowest BCUT2D eigenvalue weighted by Crippen LogP contribution is -2.41. The highest BCUT2D eigenvalue weighted by atomic mass is 19.4. The third kappa shape index (κ3) is 4.42. The topological polar surface area (TPSA) is 72.4 Å². The van der Waals surface area contributed by atoms with Crippen molar-refractivity contribution in [1.82, 2.24) is 14.8 Å². The molecule has 0 spiro atoms. The Morgan fingerprint density at radius 2 is 2.08 bits per heavy atom. The SMILES string of the molecule is [C-]#[N+]c1ncc(CC(=O)[C@@](C)(O)Cn2cc(C)cn2)cc1C(F)(F)F. The van der Waals surface area contributed by atoms with Crippen LogP contribution < -0.4 is 0 Å². The normalized spacial score (nSPS) is 14.0. The van der Waals surface area contributed by atoms with E-state index < -0.39 is 35.4 Å². The number of ketones is 1. The number of rotatable bonds is 5. The highest BCUT2D eigenvalue weighted by molar-refractivity contribution is 5.88. The van der Waals surface area contributed by atoms with Gasteiger partial charge in [-0.15, -0.1) is 4.98 Å². The molecule has 0 saturated carbocycles. The molecular formula is C16H15F3N4O2. The number of aliphatic hydroxyl groups is 1. The van der Waals surface area contributed by atoms with E-state index in [0.29, 0.717) is 6.07 Å². The average Bonchev–Trinajstić information content (AvgIpc) is 2.90. The Balaban J connectivity index is 2.21.